The smallest absolute Gasteiger partial charge is 0.233 e. The van der Waals surface area contributed by atoms with Crippen molar-refractivity contribution in [2.24, 2.45) is 5.92 Å². The molecule has 0 saturated carbocycles. The van der Waals surface area contributed by atoms with Gasteiger partial charge < -0.3 is 25.5 Å². The topological polar surface area (TPSA) is 89.4 Å². The molecule has 2 heterocycles. The van der Waals surface area contributed by atoms with Gasteiger partial charge in [0.05, 0.1) is 11.1 Å². The van der Waals surface area contributed by atoms with Crippen molar-refractivity contribution in [3.63, 3.8) is 0 Å². The van der Waals surface area contributed by atoms with E-state index < -0.39 is 5.82 Å². The number of nitrogens with one attached hydrogen (secondary N) is 2. The monoisotopic (exact) mass is 499 g/mol. The summed E-state index contributed by atoms with van der Waals surface area (Å²) in [6.07, 6.45) is 2.16. The predicted octanol–water partition coefficient (Wildman–Crippen LogP) is 5.06. The first-order valence-corrected chi connectivity index (χ1v) is 12.1. The SMILES string of the molecule is CC1CCN(c2nc(NCC(c3ccc(O)cc3)N(C)C)nc(Nc3ccc(F)c(Cl)c3)n2)CC1. The highest BCUT2D eigenvalue weighted by Crippen LogP contribution is 2.26. The summed E-state index contributed by atoms with van der Waals surface area (Å²) in [5, 5.41) is 16.2. The van der Waals surface area contributed by atoms with E-state index in [9.17, 15) is 9.50 Å². The van der Waals surface area contributed by atoms with Crippen LogP contribution in [-0.2, 0) is 0 Å². The Morgan fingerprint density at radius 3 is 2.43 bits per heavy atom. The summed E-state index contributed by atoms with van der Waals surface area (Å²) in [6.45, 7) is 4.55. The van der Waals surface area contributed by atoms with Crippen molar-refractivity contribution in [2.45, 2.75) is 25.8 Å². The number of anilines is 4. The summed E-state index contributed by atoms with van der Waals surface area (Å²) in [5.41, 5.74) is 1.64. The molecule has 1 fully saturated rings. The van der Waals surface area contributed by atoms with Gasteiger partial charge in [-0.2, -0.15) is 15.0 Å². The second-order valence-electron chi connectivity index (χ2n) is 9.16. The van der Waals surface area contributed by atoms with E-state index in [4.69, 9.17) is 16.6 Å². The number of aromatic nitrogens is 3. The van der Waals surface area contributed by atoms with Gasteiger partial charge in [0, 0.05) is 25.3 Å². The lowest BCUT2D eigenvalue weighted by Gasteiger charge is -2.30. The second-order valence-corrected chi connectivity index (χ2v) is 9.57. The van der Waals surface area contributed by atoms with Crippen LogP contribution in [0.3, 0.4) is 0 Å². The van der Waals surface area contributed by atoms with Crippen LogP contribution in [0.25, 0.3) is 0 Å². The molecule has 0 spiro atoms. The number of phenolic OH excluding ortho intramolecular Hbond substituents is 1. The van der Waals surface area contributed by atoms with Crippen molar-refractivity contribution in [1.29, 1.82) is 0 Å². The van der Waals surface area contributed by atoms with Crippen molar-refractivity contribution >= 4 is 35.1 Å². The second kappa shape index (κ2) is 11.0. The fourth-order valence-corrected chi connectivity index (χ4v) is 4.22. The molecule has 8 nitrogen and oxygen atoms in total. The number of hydrogen-bond acceptors (Lipinski definition) is 8. The van der Waals surface area contributed by atoms with Crippen LogP contribution in [0.1, 0.15) is 31.4 Å². The Morgan fingerprint density at radius 1 is 1.09 bits per heavy atom. The minimum absolute atomic E-state index is 0.0235. The molecule has 0 aliphatic carbocycles. The Hall–Kier alpha value is -3.17. The van der Waals surface area contributed by atoms with Gasteiger partial charge >= 0.3 is 0 Å². The highest BCUT2D eigenvalue weighted by Gasteiger charge is 2.21. The molecule has 3 N–H and O–H groups in total. The van der Waals surface area contributed by atoms with Gasteiger partial charge in [0.15, 0.2) is 0 Å². The third-order valence-electron chi connectivity index (χ3n) is 6.22. The first kappa shape index (κ1) is 24.9. The Kier molecular flexibility index (Phi) is 7.87. The van der Waals surface area contributed by atoms with Crippen molar-refractivity contribution in [1.82, 2.24) is 19.9 Å². The minimum atomic E-state index is -0.484. The van der Waals surface area contributed by atoms with Crippen LogP contribution in [0.4, 0.5) is 27.9 Å². The summed E-state index contributed by atoms with van der Waals surface area (Å²) in [7, 11) is 4.00. The lowest BCUT2D eigenvalue weighted by molar-refractivity contribution is 0.311. The van der Waals surface area contributed by atoms with Gasteiger partial charge in [-0.1, -0.05) is 30.7 Å². The number of rotatable bonds is 8. The fourth-order valence-electron chi connectivity index (χ4n) is 4.04. The van der Waals surface area contributed by atoms with Gasteiger partial charge in [0.2, 0.25) is 17.8 Å². The normalized spacial score (nSPS) is 15.3. The molecule has 1 atom stereocenters. The van der Waals surface area contributed by atoms with E-state index in [0.29, 0.717) is 36.0 Å². The highest BCUT2D eigenvalue weighted by molar-refractivity contribution is 6.31. The molecule has 2 aromatic carbocycles. The average Bonchev–Trinajstić information content (AvgIpc) is 2.83. The number of likely N-dealkylation sites (N-methyl/N-ethyl adjacent to an activating group) is 1. The van der Waals surface area contributed by atoms with Crippen LogP contribution in [0, 0.1) is 11.7 Å². The molecule has 186 valence electrons. The summed E-state index contributed by atoms with van der Waals surface area (Å²) < 4.78 is 13.6. The standard InChI is InChI=1S/C25H31ClFN7O/c1-16-10-12-34(13-11-16)25-31-23(28-15-22(33(2)3)17-4-7-19(35)8-5-17)30-24(32-25)29-18-6-9-21(27)20(26)14-18/h4-9,14,16,22,35H,10-13,15H2,1-3H3,(H2,28,29,30,31,32). The maximum Gasteiger partial charge on any atom is 0.233 e. The zero-order valence-electron chi connectivity index (χ0n) is 20.2. The quantitative estimate of drug-likeness (QED) is 0.396. The number of phenols is 1. The lowest BCUT2D eigenvalue weighted by Crippen LogP contribution is -2.34. The Bertz CT molecular complexity index is 1140. The van der Waals surface area contributed by atoms with Crippen LogP contribution in [0.5, 0.6) is 5.75 Å². The number of piperidine rings is 1. The van der Waals surface area contributed by atoms with Gasteiger partial charge in [-0.05, 0) is 68.8 Å². The molecule has 10 heteroatoms. The number of nitrogens with zero attached hydrogens (tertiary/aromatic N) is 5. The molecular formula is C25H31ClFN7O. The summed E-state index contributed by atoms with van der Waals surface area (Å²) >= 11 is 5.95. The van der Waals surface area contributed by atoms with E-state index in [1.807, 2.05) is 26.2 Å². The molecule has 3 aromatic rings. The van der Waals surface area contributed by atoms with Gasteiger partial charge in [-0.25, -0.2) is 4.39 Å². The average molecular weight is 500 g/mol. The molecule has 1 aromatic heterocycles. The minimum Gasteiger partial charge on any atom is -0.508 e. The third kappa shape index (κ3) is 6.49. The summed E-state index contributed by atoms with van der Waals surface area (Å²) in [6, 6.07) is 11.6. The molecule has 35 heavy (non-hydrogen) atoms. The van der Waals surface area contributed by atoms with E-state index in [-0.39, 0.29) is 16.8 Å². The summed E-state index contributed by atoms with van der Waals surface area (Å²) in [4.78, 5) is 18.2. The highest BCUT2D eigenvalue weighted by atomic mass is 35.5. The maximum atomic E-state index is 13.6. The van der Waals surface area contributed by atoms with Crippen molar-refractivity contribution in [3.05, 3.63) is 58.9 Å². The Morgan fingerprint density at radius 2 is 1.77 bits per heavy atom. The maximum absolute atomic E-state index is 13.6. The largest absolute Gasteiger partial charge is 0.508 e. The molecule has 1 saturated heterocycles. The van der Waals surface area contributed by atoms with E-state index in [2.05, 4.69) is 37.3 Å². The molecule has 1 aliphatic heterocycles. The Labute approximate surface area is 210 Å². The van der Waals surface area contributed by atoms with Crippen LogP contribution in [-0.4, -0.2) is 58.7 Å². The van der Waals surface area contributed by atoms with Crippen LogP contribution in [0.15, 0.2) is 42.5 Å². The molecular weight excluding hydrogens is 469 g/mol. The summed E-state index contributed by atoms with van der Waals surface area (Å²) in [5.74, 6) is 1.81. The first-order valence-electron chi connectivity index (χ1n) is 11.7. The van der Waals surface area contributed by atoms with Crippen LogP contribution in [0.2, 0.25) is 5.02 Å². The zero-order chi connectivity index (χ0) is 24.9. The van der Waals surface area contributed by atoms with E-state index >= 15 is 0 Å². The first-order chi connectivity index (χ1) is 16.8. The molecule has 1 aliphatic rings. The number of benzene rings is 2. The molecule has 0 amide bonds. The van der Waals surface area contributed by atoms with E-state index in [0.717, 1.165) is 31.5 Å². The molecule has 4 rings (SSSR count). The van der Waals surface area contributed by atoms with Gasteiger partial charge in [-0.15, -0.1) is 0 Å². The zero-order valence-corrected chi connectivity index (χ0v) is 20.9. The molecule has 1 unspecified atom stereocenters. The Balaban J connectivity index is 1.58. The number of aromatic hydroxyl groups is 1. The van der Waals surface area contributed by atoms with Crippen molar-refractivity contribution in [2.75, 3.05) is 49.3 Å². The number of halogens is 2. The van der Waals surface area contributed by atoms with Gasteiger partial charge in [0.25, 0.3) is 0 Å². The van der Waals surface area contributed by atoms with E-state index in [1.165, 1.54) is 12.1 Å². The van der Waals surface area contributed by atoms with Crippen LogP contribution >= 0.6 is 11.6 Å². The molecule has 0 radical (unpaired) electrons. The fraction of sp³-hybridized carbons (Fsp3) is 0.400. The molecule has 0 bridgehead atoms. The lowest BCUT2D eigenvalue weighted by atomic mass is 10.00. The van der Waals surface area contributed by atoms with Gasteiger partial charge in [-0.3, -0.25) is 0 Å². The predicted molar refractivity (Wildman–Crippen MR) is 138 cm³/mol. The van der Waals surface area contributed by atoms with Crippen LogP contribution < -0.4 is 15.5 Å². The number of hydrogen-bond donors (Lipinski definition) is 3. The van der Waals surface area contributed by atoms with Crippen molar-refractivity contribution in [3.8, 4) is 5.75 Å². The van der Waals surface area contributed by atoms with E-state index in [1.54, 1.807) is 18.2 Å². The van der Waals surface area contributed by atoms with Crippen molar-refractivity contribution < 1.29 is 9.50 Å². The third-order valence-corrected chi connectivity index (χ3v) is 6.51. The van der Waals surface area contributed by atoms with Gasteiger partial charge in [0.1, 0.15) is 11.6 Å².